The standard InChI is InChI=1S/C16H9ClF3N3S2/c17-13-8-10(16(18,19)20)9-22-14(13)25-15-21-6-5-11(23-15)3-4-12-2-1-7-24-12/h1-9H. The van der Waals surface area contributed by atoms with Crippen molar-refractivity contribution in [2.24, 2.45) is 0 Å². The summed E-state index contributed by atoms with van der Waals surface area (Å²) in [6.45, 7) is 0. The maximum Gasteiger partial charge on any atom is 0.417 e. The lowest BCUT2D eigenvalue weighted by atomic mass is 10.3. The summed E-state index contributed by atoms with van der Waals surface area (Å²) in [5, 5.41) is 2.44. The monoisotopic (exact) mass is 399 g/mol. The molecule has 0 fully saturated rings. The van der Waals surface area contributed by atoms with Crippen LogP contribution in [0.15, 0.2) is 52.2 Å². The second-order valence-corrected chi connectivity index (χ2v) is 7.07. The van der Waals surface area contributed by atoms with Gasteiger partial charge in [-0.3, -0.25) is 0 Å². The molecule has 3 heterocycles. The van der Waals surface area contributed by atoms with Crippen molar-refractivity contribution in [3.05, 3.63) is 63.2 Å². The van der Waals surface area contributed by atoms with Crippen LogP contribution in [0, 0.1) is 0 Å². The van der Waals surface area contributed by atoms with Crippen LogP contribution in [0.4, 0.5) is 13.2 Å². The molecule has 3 nitrogen and oxygen atoms in total. The first-order valence-electron chi connectivity index (χ1n) is 6.87. The quantitative estimate of drug-likeness (QED) is 0.510. The first kappa shape index (κ1) is 17.9. The van der Waals surface area contributed by atoms with E-state index in [-0.39, 0.29) is 10.0 Å². The fourth-order valence-corrected chi connectivity index (χ4v) is 3.39. The number of pyridine rings is 1. The van der Waals surface area contributed by atoms with Gasteiger partial charge in [0.15, 0.2) is 5.16 Å². The molecule has 0 atom stereocenters. The van der Waals surface area contributed by atoms with Gasteiger partial charge < -0.3 is 0 Å². The Balaban J connectivity index is 1.78. The van der Waals surface area contributed by atoms with E-state index in [1.807, 2.05) is 29.7 Å². The maximum atomic E-state index is 12.6. The minimum Gasteiger partial charge on any atom is -0.247 e. The van der Waals surface area contributed by atoms with Crippen molar-refractivity contribution in [2.45, 2.75) is 16.4 Å². The van der Waals surface area contributed by atoms with Crippen molar-refractivity contribution in [2.75, 3.05) is 0 Å². The molecule has 0 aliphatic rings. The Labute approximate surface area is 154 Å². The molecule has 25 heavy (non-hydrogen) atoms. The number of alkyl halides is 3. The van der Waals surface area contributed by atoms with E-state index in [1.54, 1.807) is 23.6 Å². The number of hydrogen-bond donors (Lipinski definition) is 0. The van der Waals surface area contributed by atoms with Crippen LogP contribution in [0.1, 0.15) is 16.1 Å². The number of nitrogens with zero attached hydrogens (tertiary/aromatic N) is 3. The van der Waals surface area contributed by atoms with Gasteiger partial charge in [-0.15, -0.1) is 11.3 Å². The highest BCUT2D eigenvalue weighted by Crippen LogP contribution is 2.35. The molecule has 3 rings (SSSR count). The van der Waals surface area contributed by atoms with Crippen LogP contribution in [-0.2, 0) is 6.18 Å². The third kappa shape index (κ3) is 4.81. The summed E-state index contributed by atoms with van der Waals surface area (Å²) < 4.78 is 37.9. The van der Waals surface area contributed by atoms with Crippen LogP contribution in [0.2, 0.25) is 5.02 Å². The van der Waals surface area contributed by atoms with E-state index in [0.717, 1.165) is 28.9 Å². The smallest absolute Gasteiger partial charge is 0.247 e. The average Bonchev–Trinajstić information content (AvgIpc) is 3.08. The third-order valence-electron chi connectivity index (χ3n) is 2.94. The Kier molecular flexibility index (Phi) is 5.41. The molecule has 0 radical (unpaired) electrons. The van der Waals surface area contributed by atoms with E-state index >= 15 is 0 Å². The molecule has 9 heteroatoms. The Hall–Kier alpha value is -1.90. The molecule has 0 unspecified atom stereocenters. The predicted molar refractivity (Wildman–Crippen MR) is 93.7 cm³/mol. The lowest BCUT2D eigenvalue weighted by molar-refractivity contribution is -0.137. The summed E-state index contributed by atoms with van der Waals surface area (Å²) in [7, 11) is 0. The summed E-state index contributed by atoms with van der Waals surface area (Å²) in [4.78, 5) is 13.3. The molecule has 0 aromatic carbocycles. The number of halogens is 4. The maximum absolute atomic E-state index is 12.6. The summed E-state index contributed by atoms with van der Waals surface area (Å²) >= 11 is 8.51. The predicted octanol–water partition coefficient (Wildman–Crippen LogP) is 5.93. The summed E-state index contributed by atoms with van der Waals surface area (Å²) in [6.07, 6.45) is 1.59. The molecule has 0 spiro atoms. The number of thiophene rings is 1. The van der Waals surface area contributed by atoms with Crippen molar-refractivity contribution < 1.29 is 13.2 Å². The van der Waals surface area contributed by atoms with E-state index in [0.29, 0.717) is 10.9 Å². The molecule has 0 saturated heterocycles. The van der Waals surface area contributed by atoms with Crippen molar-refractivity contribution >= 4 is 46.9 Å². The zero-order valence-electron chi connectivity index (χ0n) is 12.4. The van der Waals surface area contributed by atoms with Crippen LogP contribution in [0.5, 0.6) is 0 Å². The molecule has 0 saturated carbocycles. The van der Waals surface area contributed by atoms with Gasteiger partial charge in [0.05, 0.1) is 16.3 Å². The van der Waals surface area contributed by atoms with Gasteiger partial charge in [-0.1, -0.05) is 17.7 Å². The van der Waals surface area contributed by atoms with E-state index in [9.17, 15) is 13.2 Å². The van der Waals surface area contributed by atoms with E-state index in [4.69, 9.17) is 11.6 Å². The lowest BCUT2D eigenvalue weighted by Crippen LogP contribution is -2.05. The van der Waals surface area contributed by atoms with Crippen LogP contribution >= 0.6 is 34.7 Å². The molecule has 128 valence electrons. The van der Waals surface area contributed by atoms with Crippen molar-refractivity contribution in [3.8, 4) is 0 Å². The van der Waals surface area contributed by atoms with Gasteiger partial charge in [-0.25, -0.2) is 15.0 Å². The van der Waals surface area contributed by atoms with Gasteiger partial charge in [0.25, 0.3) is 0 Å². The second kappa shape index (κ2) is 7.55. The SMILES string of the molecule is FC(F)(F)c1cnc(Sc2nccc(C=Cc3cccs3)n2)c(Cl)c1. The van der Waals surface area contributed by atoms with Gasteiger partial charge in [0.2, 0.25) is 0 Å². The number of aromatic nitrogens is 3. The third-order valence-corrected chi connectivity index (χ3v) is 5.07. The molecular formula is C16H9ClF3N3S2. The van der Waals surface area contributed by atoms with Crippen LogP contribution in [0.3, 0.4) is 0 Å². The average molecular weight is 400 g/mol. The summed E-state index contributed by atoms with van der Waals surface area (Å²) in [6, 6.07) is 6.50. The lowest BCUT2D eigenvalue weighted by Gasteiger charge is -2.08. The van der Waals surface area contributed by atoms with Gasteiger partial charge in [-0.2, -0.15) is 13.2 Å². The van der Waals surface area contributed by atoms with E-state index in [1.165, 1.54) is 0 Å². The first-order valence-corrected chi connectivity index (χ1v) is 8.94. The summed E-state index contributed by atoms with van der Waals surface area (Å²) in [5.41, 5.74) is -0.218. The number of rotatable bonds is 4. The van der Waals surface area contributed by atoms with Crippen LogP contribution in [0.25, 0.3) is 12.2 Å². The Morgan fingerprint density at radius 1 is 1.16 bits per heavy atom. The molecule has 0 N–H and O–H groups in total. The first-order chi connectivity index (χ1) is 11.9. The molecule has 3 aromatic rings. The highest BCUT2D eigenvalue weighted by molar-refractivity contribution is 7.99. The van der Waals surface area contributed by atoms with Crippen LogP contribution in [-0.4, -0.2) is 15.0 Å². The zero-order valence-corrected chi connectivity index (χ0v) is 14.8. The van der Waals surface area contributed by atoms with Crippen LogP contribution < -0.4 is 0 Å². The van der Waals surface area contributed by atoms with Gasteiger partial charge in [0.1, 0.15) is 5.03 Å². The minimum atomic E-state index is -4.48. The molecule has 0 aliphatic carbocycles. The van der Waals surface area contributed by atoms with Crippen molar-refractivity contribution in [3.63, 3.8) is 0 Å². The Morgan fingerprint density at radius 2 is 2.00 bits per heavy atom. The molecule has 0 aliphatic heterocycles. The summed E-state index contributed by atoms with van der Waals surface area (Å²) in [5.74, 6) is 0. The highest BCUT2D eigenvalue weighted by atomic mass is 35.5. The van der Waals surface area contributed by atoms with Crippen molar-refractivity contribution in [1.82, 2.24) is 15.0 Å². The van der Waals surface area contributed by atoms with Gasteiger partial charge in [-0.05, 0) is 47.5 Å². The molecule has 3 aromatic heterocycles. The number of hydrogen-bond acceptors (Lipinski definition) is 5. The zero-order chi connectivity index (χ0) is 17.9. The Bertz CT molecular complexity index is 896. The Morgan fingerprint density at radius 3 is 2.68 bits per heavy atom. The normalized spacial score (nSPS) is 12.0. The van der Waals surface area contributed by atoms with Crippen molar-refractivity contribution in [1.29, 1.82) is 0 Å². The minimum absolute atomic E-state index is 0.0945. The highest BCUT2D eigenvalue weighted by Gasteiger charge is 2.31. The van der Waals surface area contributed by atoms with E-state index in [2.05, 4.69) is 15.0 Å². The fourth-order valence-electron chi connectivity index (χ4n) is 1.79. The largest absolute Gasteiger partial charge is 0.417 e. The molecular weight excluding hydrogens is 391 g/mol. The van der Waals surface area contributed by atoms with Gasteiger partial charge in [0, 0.05) is 17.3 Å². The topological polar surface area (TPSA) is 38.7 Å². The van der Waals surface area contributed by atoms with Gasteiger partial charge >= 0.3 is 6.18 Å². The molecule has 0 bridgehead atoms. The fraction of sp³-hybridized carbons (Fsp3) is 0.0625. The second-order valence-electron chi connectivity index (χ2n) is 4.72. The molecule has 0 amide bonds. The van der Waals surface area contributed by atoms with E-state index < -0.39 is 11.7 Å².